The molecule has 3 rings (SSSR count). The quantitative estimate of drug-likeness (QED) is 0.895. The minimum Gasteiger partial charge on any atom is -0.338 e. The van der Waals surface area contributed by atoms with Crippen LogP contribution in [0.1, 0.15) is 44.2 Å². The van der Waals surface area contributed by atoms with E-state index in [4.69, 9.17) is 0 Å². The number of nitrogens with zero attached hydrogens (tertiary/aromatic N) is 1. The molecule has 106 valence electrons. The Morgan fingerprint density at radius 1 is 1.20 bits per heavy atom. The molecule has 1 aliphatic carbocycles. The Kier molecular flexibility index (Phi) is 3.24. The molecule has 1 aromatic carbocycles. The first-order chi connectivity index (χ1) is 9.69. The van der Waals surface area contributed by atoms with Gasteiger partial charge in [-0.1, -0.05) is 43.2 Å². The maximum absolute atomic E-state index is 12.8. The molecule has 1 heterocycles. The first kappa shape index (κ1) is 13.2. The average Bonchev–Trinajstić information content (AvgIpc) is 2.95. The molecule has 1 aromatic rings. The lowest BCUT2D eigenvalue weighted by atomic mass is 9.88. The Morgan fingerprint density at radius 2 is 1.85 bits per heavy atom. The topological polar surface area (TPSA) is 49.4 Å². The standard InChI is InChI=1S/C16H20N2O2/c1-2-18-14(19)13(12-8-4-3-5-9-12)17-15(20)16(18)10-6-7-11-16/h3-5,8-9,13H,2,6-7,10-11H2,1H3,(H,17,20). The van der Waals surface area contributed by atoms with E-state index in [-0.39, 0.29) is 11.8 Å². The number of carbonyl (C=O) groups is 2. The third-order valence-corrected chi connectivity index (χ3v) is 4.61. The lowest BCUT2D eigenvalue weighted by Crippen LogP contribution is -2.66. The van der Waals surface area contributed by atoms with Crippen LogP contribution in [-0.2, 0) is 9.59 Å². The Labute approximate surface area is 119 Å². The number of amides is 2. The van der Waals surface area contributed by atoms with E-state index in [0.717, 1.165) is 31.2 Å². The number of hydrogen-bond donors (Lipinski definition) is 1. The van der Waals surface area contributed by atoms with Gasteiger partial charge in [-0.3, -0.25) is 9.59 Å². The smallest absolute Gasteiger partial charge is 0.250 e. The highest BCUT2D eigenvalue weighted by molar-refractivity contribution is 6.00. The Balaban J connectivity index is 1.96. The normalized spacial score (nSPS) is 25.1. The van der Waals surface area contributed by atoms with Crippen molar-refractivity contribution >= 4 is 11.8 Å². The maximum atomic E-state index is 12.8. The van der Waals surface area contributed by atoms with Crippen molar-refractivity contribution in [2.75, 3.05) is 6.54 Å². The predicted octanol–water partition coefficient (Wildman–Crippen LogP) is 2.02. The Hall–Kier alpha value is -1.84. The largest absolute Gasteiger partial charge is 0.338 e. The van der Waals surface area contributed by atoms with Crippen LogP contribution < -0.4 is 5.32 Å². The van der Waals surface area contributed by atoms with E-state index in [1.54, 1.807) is 4.90 Å². The first-order valence-corrected chi connectivity index (χ1v) is 7.36. The zero-order valence-electron chi connectivity index (χ0n) is 11.8. The number of piperazine rings is 1. The zero-order chi connectivity index (χ0) is 14.2. The summed E-state index contributed by atoms with van der Waals surface area (Å²) >= 11 is 0. The SMILES string of the molecule is CCN1C(=O)C(c2ccccc2)NC(=O)C12CCCC2. The summed E-state index contributed by atoms with van der Waals surface area (Å²) in [5.74, 6) is 0.0468. The number of carbonyl (C=O) groups excluding carboxylic acids is 2. The molecule has 1 saturated carbocycles. The van der Waals surface area contributed by atoms with Crippen LogP contribution in [0.3, 0.4) is 0 Å². The molecule has 1 saturated heterocycles. The van der Waals surface area contributed by atoms with E-state index in [1.807, 2.05) is 37.3 Å². The average molecular weight is 272 g/mol. The molecule has 0 bridgehead atoms. The van der Waals surface area contributed by atoms with Gasteiger partial charge in [0.2, 0.25) is 5.91 Å². The molecule has 4 nitrogen and oxygen atoms in total. The van der Waals surface area contributed by atoms with Gasteiger partial charge in [-0.05, 0) is 25.3 Å². The lowest BCUT2D eigenvalue weighted by molar-refractivity contribution is -0.157. The molecular formula is C16H20N2O2. The summed E-state index contributed by atoms with van der Waals surface area (Å²) in [5, 5.41) is 2.95. The zero-order valence-corrected chi connectivity index (χ0v) is 11.8. The summed E-state index contributed by atoms with van der Waals surface area (Å²) in [5.41, 5.74) is 0.272. The number of hydrogen-bond acceptors (Lipinski definition) is 2. The fourth-order valence-electron chi connectivity index (χ4n) is 3.60. The Bertz CT molecular complexity index is 521. The van der Waals surface area contributed by atoms with Gasteiger partial charge in [0.15, 0.2) is 0 Å². The predicted molar refractivity (Wildman–Crippen MR) is 75.9 cm³/mol. The first-order valence-electron chi connectivity index (χ1n) is 7.36. The molecule has 20 heavy (non-hydrogen) atoms. The molecule has 2 amide bonds. The van der Waals surface area contributed by atoms with Crippen LogP contribution >= 0.6 is 0 Å². The lowest BCUT2D eigenvalue weighted by Gasteiger charge is -2.46. The van der Waals surface area contributed by atoms with E-state index in [9.17, 15) is 9.59 Å². The number of rotatable bonds is 2. The van der Waals surface area contributed by atoms with Crippen LogP contribution in [0.25, 0.3) is 0 Å². The highest BCUT2D eigenvalue weighted by atomic mass is 16.2. The molecule has 1 spiro atoms. The van der Waals surface area contributed by atoms with Gasteiger partial charge in [-0.2, -0.15) is 0 Å². The van der Waals surface area contributed by atoms with Gasteiger partial charge in [0.05, 0.1) is 0 Å². The van der Waals surface area contributed by atoms with Crippen LogP contribution in [0, 0.1) is 0 Å². The molecule has 2 fully saturated rings. The monoisotopic (exact) mass is 272 g/mol. The summed E-state index contributed by atoms with van der Waals surface area (Å²) in [6, 6.07) is 8.95. The van der Waals surface area contributed by atoms with Gasteiger partial charge < -0.3 is 10.2 Å². The summed E-state index contributed by atoms with van der Waals surface area (Å²) in [7, 11) is 0. The second kappa shape index (κ2) is 4.93. The van der Waals surface area contributed by atoms with Crippen molar-refractivity contribution in [2.45, 2.75) is 44.2 Å². The van der Waals surface area contributed by atoms with Crippen molar-refractivity contribution in [3.63, 3.8) is 0 Å². The molecule has 1 aliphatic heterocycles. The number of likely N-dealkylation sites (N-methyl/N-ethyl adjacent to an activating group) is 1. The maximum Gasteiger partial charge on any atom is 0.250 e. The van der Waals surface area contributed by atoms with Crippen LogP contribution in [0.15, 0.2) is 30.3 Å². The summed E-state index contributed by atoms with van der Waals surface area (Å²) in [6.45, 7) is 2.55. The Morgan fingerprint density at radius 3 is 2.45 bits per heavy atom. The highest BCUT2D eigenvalue weighted by Crippen LogP contribution is 2.40. The van der Waals surface area contributed by atoms with Crippen molar-refractivity contribution in [3.8, 4) is 0 Å². The minimum atomic E-state index is -0.586. The van der Waals surface area contributed by atoms with Crippen LogP contribution in [0.4, 0.5) is 0 Å². The molecule has 4 heteroatoms. The summed E-state index contributed by atoms with van der Waals surface area (Å²) < 4.78 is 0. The number of nitrogens with one attached hydrogen (secondary N) is 1. The van der Waals surface area contributed by atoms with Gasteiger partial charge >= 0.3 is 0 Å². The molecule has 1 atom stereocenters. The summed E-state index contributed by atoms with van der Waals surface area (Å²) in [6.07, 6.45) is 3.63. The van der Waals surface area contributed by atoms with Crippen molar-refractivity contribution in [3.05, 3.63) is 35.9 Å². The van der Waals surface area contributed by atoms with Gasteiger partial charge in [0, 0.05) is 6.54 Å². The second-order valence-corrected chi connectivity index (χ2v) is 5.64. The third kappa shape index (κ3) is 1.82. The fourth-order valence-corrected chi connectivity index (χ4v) is 3.60. The molecule has 0 aromatic heterocycles. The van der Waals surface area contributed by atoms with Crippen molar-refractivity contribution in [1.82, 2.24) is 10.2 Å². The fraction of sp³-hybridized carbons (Fsp3) is 0.500. The van der Waals surface area contributed by atoms with E-state index >= 15 is 0 Å². The van der Waals surface area contributed by atoms with Crippen LogP contribution in [-0.4, -0.2) is 28.8 Å². The number of benzene rings is 1. The van der Waals surface area contributed by atoms with E-state index in [2.05, 4.69) is 5.32 Å². The second-order valence-electron chi connectivity index (χ2n) is 5.64. The van der Waals surface area contributed by atoms with Gasteiger partial charge in [-0.15, -0.1) is 0 Å². The van der Waals surface area contributed by atoms with Crippen LogP contribution in [0.2, 0.25) is 0 Å². The van der Waals surface area contributed by atoms with Gasteiger partial charge in [0.1, 0.15) is 11.6 Å². The van der Waals surface area contributed by atoms with Crippen LogP contribution in [0.5, 0.6) is 0 Å². The highest BCUT2D eigenvalue weighted by Gasteiger charge is 2.53. The van der Waals surface area contributed by atoms with Crippen molar-refractivity contribution < 1.29 is 9.59 Å². The third-order valence-electron chi connectivity index (χ3n) is 4.61. The van der Waals surface area contributed by atoms with Gasteiger partial charge in [0.25, 0.3) is 5.91 Å². The molecule has 0 radical (unpaired) electrons. The summed E-state index contributed by atoms with van der Waals surface area (Å²) in [4.78, 5) is 27.2. The molecule has 2 aliphatic rings. The van der Waals surface area contributed by atoms with Crippen molar-refractivity contribution in [1.29, 1.82) is 0 Å². The van der Waals surface area contributed by atoms with Crippen molar-refractivity contribution in [2.24, 2.45) is 0 Å². The molecular weight excluding hydrogens is 252 g/mol. The van der Waals surface area contributed by atoms with E-state index in [0.29, 0.717) is 6.54 Å². The van der Waals surface area contributed by atoms with E-state index in [1.165, 1.54) is 0 Å². The minimum absolute atomic E-state index is 0.0188. The van der Waals surface area contributed by atoms with E-state index < -0.39 is 11.6 Å². The molecule has 1 unspecified atom stereocenters. The van der Waals surface area contributed by atoms with Gasteiger partial charge in [-0.25, -0.2) is 0 Å². The molecule has 1 N–H and O–H groups in total.